The molecule has 2 aliphatic rings. The standard InChI is InChI=1S/C11H19NO/c1-9-5-2-3-6-10(9)12-8-4-7-11(12)13/h9-10H,2-8H2,1H3/t9-,10-/m1/s1. The van der Waals surface area contributed by atoms with Gasteiger partial charge in [-0.2, -0.15) is 0 Å². The molecule has 0 unspecified atom stereocenters. The maximum absolute atomic E-state index is 11.5. The molecule has 0 aromatic carbocycles. The molecule has 0 N–H and O–H groups in total. The van der Waals surface area contributed by atoms with Crippen molar-refractivity contribution in [3.05, 3.63) is 0 Å². The van der Waals surface area contributed by atoms with E-state index in [-0.39, 0.29) is 0 Å². The van der Waals surface area contributed by atoms with Crippen LogP contribution in [0.2, 0.25) is 0 Å². The number of carbonyl (C=O) groups excluding carboxylic acids is 1. The highest BCUT2D eigenvalue weighted by Crippen LogP contribution is 2.30. The van der Waals surface area contributed by atoms with Crippen LogP contribution < -0.4 is 0 Å². The van der Waals surface area contributed by atoms with E-state index in [1.807, 2.05) is 0 Å². The molecule has 1 saturated carbocycles. The van der Waals surface area contributed by atoms with Crippen molar-refractivity contribution in [2.75, 3.05) is 6.54 Å². The van der Waals surface area contributed by atoms with Gasteiger partial charge in [0.2, 0.25) is 5.91 Å². The molecule has 1 saturated heterocycles. The van der Waals surface area contributed by atoms with Gasteiger partial charge in [-0.3, -0.25) is 4.79 Å². The van der Waals surface area contributed by atoms with E-state index in [4.69, 9.17) is 0 Å². The molecule has 2 heteroatoms. The van der Waals surface area contributed by atoms with Gasteiger partial charge in [0.1, 0.15) is 0 Å². The number of nitrogens with zero attached hydrogens (tertiary/aromatic N) is 1. The normalized spacial score (nSPS) is 35.5. The van der Waals surface area contributed by atoms with E-state index >= 15 is 0 Å². The summed E-state index contributed by atoms with van der Waals surface area (Å²) in [5.41, 5.74) is 0. The van der Waals surface area contributed by atoms with Crippen LogP contribution in [0.4, 0.5) is 0 Å². The molecular formula is C11H19NO. The van der Waals surface area contributed by atoms with Crippen molar-refractivity contribution >= 4 is 5.91 Å². The number of carbonyl (C=O) groups is 1. The minimum absolute atomic E-state index is 0.402. The highest BCUT2D eigenvalue weighted by atomic mass is 16.2. The second kappa shape index (κ2) is 3.69. The number of likely N-dealkylation sites (tertiary alicyclic amines) is 1. The molecule has 13 heavy (non-hydrogen) atoms. The molecule has 2 nitrogen and oxygen atoms in total. The molecule has 2 fully saturated rings. The maximum atomic E-state index is 11.5. The average Bonchev–Trinajstić information content (AvgIpc) is 2.52. The number of rotatable bonds is 1. The van der Waals surface area contributed by atoms with Crippen molar-refractivity contribution in [2.24, 2.45) is 5.92 Å². The summed E-state index contributed by atoms with van der Waals surface area (Å²) >= 11 is 0. The summed E-state index contributed by atoms with van der Waals surface area (Å²) in [6.07, 6.45) is 7.12. The Balaban J connectivity index is 2.01. The fourth-order valence-electron chi connectivity index (χ4n) is 2.78. The molecule has 0 radical (unpaired) electrons. The molecule has 1 aliphatic carbocycles. The fraction of sp³-hybridized carbons (Fsp3) is 0.909. The van der Waals surface area contributed by atoms with Crippen LogP contribution >= 0.6 is 0 Å². The summed E-state index contributed by atoms with van der Waals surface area (Å²) in [6.45, 7) is 3.32. The van der Waals surface area contributed by atoms with Gasteiger partial charge in [0.05, 0.1) is 0 Å². The molecule has 74 valence electrons. The van der Waals surface area contributed by atoms with Crippen LogP contribution in [0.3, 0.4) is 0 Å². The Labute approximate surface area is 80.3 Å². The van der Waals surface area contributed by atoms with Crippen molar-refractivity contribution in [1.29, 1.82) is 0 Å². The zero-order valence-electron chi connectivity index (χ0n) is 8.46. The molecule has 1 aliphatic heterocycles. The highest BCUT2D eigenvalue weighted by molar-refractivity contribution is 5.78. The Kier molecular flexibility index (Phi) is 2.56. The molecule has 2 rings (SSSR count). The molecule has 0 spiro atoms. The van der Waals surface area contributed by atoms with Crippen LogP contribution in [0.25, 0.3) is 0 Å². The van der Waals surface area contributed by atoms with E-state index in [0.29, 0.717) is 11.9 Å². The van der Waals surface area contributed by atoms with E-state index in [0.717, 1.165) is 25.3 Å². The van der Waals surface area contributed by atoms with Gasteiger partial charge in [-0.05, 0) is 25.2 Å². The monoisotopic (exact) mass is 181 g/mol. The van der Waals surface area contributed by atoms with Crippen LogP contribution in [-0.2, 0) is 4.79 Å². The summed E-state index contributed by atoms with van der Waals surface area (Å²) < 4.78 is 0. The Morgan fingerprint density at radius 3 is 2.62 bits per heavy atom. The van der Waals surface area contributed by atoms with Gasteiger partial charge >= 0.3 is 0 Å². The van der Waals surface area contributed by atoms with Crippen LogP contribution in [0.1, 0.15) is 45.4 Å². The molecular weight excluding hydrogens is 162 g/mol. The van der Waals surface area contributed by atoms with Gasteiger partial charge in [-0.25, -0.2) is 0 Å². The van der Waals surface area contributed by atoms with Gasteiger partial charge in [0, 0.05) is 19.0 Å². The summed E-state index contributed by atoms with van der Waals surface area (Å²) in [6, 6.07) is 0.573. The van der Waals surface area contributed by atoms with Gasteiger partial charge in [-0.1, -0.05) is 19.8 Å². The third kappa shape index (κ3) is 1.72. The van der Waals surface area contributed by atoms with E-state index < -0.39 is 0 Å². The molecule has 0 aromatic rings. The van der Waals surface area contributed by atoms with Crippen molar-refractivity contribution in [2.45, 2.75) is 51.5 Å². The summed E-state index contributed by atoms with van der Waals surface area (Å²) in [5.74, 6) is 1.13. The third-order valence-electron chi connectivity index (χ3n) is 3.58. The Hall–Kier alpha value is -0.530. The fourth-order valence-corrected chi connectivity index (χ4v) is 2.78. The number of amides is 1. The van der Waals surface area contributed by atoms with E-state index in [2.05, 4.69) is 11.8 Å². The molecule has 2 atom stereocenters. The minimum atomic E-state index is 0.402. The van der Waals surface area contributed by atoms with Crippen LogP contribution in [0, 0.1) is 5.92 Å². The first-order chi connectivity index (χ1) is 6.29. The van der Waals surface area contributed by atoms with E-state index in [1.165, 1.54) is 25.7 Å². The number of hydrogen-bond donors (Lipinski definition) is 0. The lowest BCUT2D eigenvalue weighted by Gasteiger charge is -2.36. The van der Waals surface area contributed by atoms with Crippen molar-refractivity contribution in [3.63, 3.8) is 0 Å². The Morgan fingerprint density at radius 1 is 1.23 bits per heavy atom. The van der Waals surface area contributed by atoms with Gasteiger partial charge in [0.15, 0.2) is 0 Å². The van der Waals surface area contributed by atoms with Crippen molar-refractivity contribution < 1.29 is 4.79 Å². The largest absolute Gasteiger partial charge is 0.339 e. The quantitative estimate of drug-likeness (QED) is 0.607. The SMILES string of the molecule is C[C@@H]1CCCC[C@H]1N1CCCC1=O. The van der Waals surface area contributed by atoms with E-state index in [9.17, 15) is 4.79 Å². The number of hydrogen-bond acceptors (Lipinski definition) is 1. The first-order valence-electron chi connectivity index (χ1n) is 5.58. The predicted molar refractivity (Wildman–Crippen MR) is 52.4 cm³/mol. The first-order valence-corrected chi connectivity index (χ1v) is 5.58. The van der Waals surface area contributed by atoms with Crippen molar-refractivity contribution in [1.82, 2.24) is 4.90 Å². The predicted octanol–water partition coefficient (Wildman–Crippen LogP) is 2.19. The minimum Gasteiger partial charge on any atom is -0.339 e. The van der Waals surface area contributed by atoms with Gasteiger partial charge in [-0.15, -0.1) is 0 Å². The summed E-state index contributed by atoms with van der Waals surface area (Å²) in [5, 5.41) is 0. The lowest BCUT2D eigenvalue weighted by Crippen LogP contribution is -2.42. The lowest BCUT2D eigenvalue weighted by molar-refractivity contribution is -0.131. The van der Waals surface area contributed by atoms with E-state index in [1.54, 1.807) is 0 Å². The molecule has 1 heterocycles. The zero-order chi connectivity index (χ0) is 9.26. The molecule has 0 bridgehead atoms. The van der Waals surface area contributed by atoms with Crippen LogP contribution in [0.15, 0.2) is 0 Å². The smallest absolute Gasteiger partial charge is 0.222 e. The molecule has 0 aromatic heterocycles. The van der Waals surface area contributed by atoms with Gasteiger partial charge in [0.25, 0.3) is 0 Å². The lowest BCUT2D eigenvalue weighted by atomic mass is 9.85. The highest BCUT2D eigenvalue weighted by Gasteiger charge is 2.32. The Morgan fingerprint density at radius 2 is 2.00 bits per heavy atom. The Bertz CT molecular complexity index is 202. The topological polar surface area (TPSA) is 20.3 Å². The van der Waals surface area contributed by atoms with Crippen LogP contribution in [0.5, 0.6) is 0 Å². The van der Waals surface area contributed by atoms with Crippen LogP contribution in [-0.4, -0.2) is 23.4 Å². The third-order valence-corrected chi connectivity index (χ3v) is 3.58. The summed E-state index contributed by atoms with van der Waals surface area (Å²) in [4.78, 5) is 13.7. The average molecular weight is 181 g/mol. The second-order valence-electron chi connectivity index (χ2n) is 4.52. The zero-order valence-corrected chi connectivity index (χ0v) is 8.46. The second-order valence-corrected chi connectivity index (χ2v) is 4.52. The maximum Gasteiger partial charge on any atom is 0.222 e. The van der Waals surface area contributed by atoms with Gasteiger partial charge < -0.3 is 4.90 Å². The molecule has 1 amide bonds. The van der Waals surface area contributed by atoms with Crippen molar-refractivity contribution in [3.8, 4) is 0 Å². The summed E-state index contributed by atoms with van der Waals surface area (Å²) in [7, 11) is 0. The first kappa shape index (κ1) is 9.04.